The van der Waals surface area contributed by atoms with Crippen molar-refractivity contribution in [2.24, 2.45) is 11.7 Å². The first kappa shape index (κ1) is 25.9. The van der Waals surface area contributed by atoms with Crippen LogP contribution in [0.1, 0.15) is 22.8 Å². The van der Waals surface area contributed by atoms with Crippen LogP contribution in [0.5, 0.6) is 0 Å². The van der Waals surface area contributed by atoms with Crippen LogP contribution in [-0.4, -0.2) is 71.8 Å². The number of fused-ring (bicyclic) bond motifs is 1. The number of anilines is 2. The first-order valence-corrected chi connectivity index (χ1v) is 11.9. The van der Waals surface area contributed by atoms with Crippen LogP contribution in [0.2, 0.25) is 0 Å². The Hall–Kier alpha value is -4.71. The number of nitriles is 1. The van der Waals surface area contributed by atoms with Crippen LogP contribution in [0.4, 0.5) is 24.7 Å². The van der Waals surface area contributed by atoms with E-state index in [2.05, 4.69) is 30.4 Å². The fourth-order valence-electron chi connectivity index (χ4n) is 4.45. The van der Waals surface area contributed by atoms with E-state index in [9.17, 15) is 23.1 Å². The molecule has 0 saturated carbocycles. The van der Waals surface area contributed by atoms with Crippen molar-refractivity contribution in [1.82, 2.24) is 29.4 Å². The number of nitrogens with two attached hydrogens (primary N) is 1. The number of aromatic nitrogens is 6. The predicted octanol–water partition coefficient (Wildman–Crippen LogP) is 1.82. The average molecular weight is 541 g/mol. The van der Waals surface area contributed by atoms with E-state index in [0.717, 1.165) is 10.5 Å². The number of hydrogen-bond acceptors (Lipinski definition) is 9. The molecule has 0 spiro atoms. The Morgan fingerprint density at radius 2 is 2.05 bits per heavy atom. The molecule has 202 valence electrons. The van der Waals surface area contributed by atoms with Crippen molar-refractivity contribution < 1.29 is 23.1 Å². The minimum Gasteiger partial charge on any atom is -0.382 e. The average Bonchev–Trinajstić information content (AvgIpc) is 3.62. The molecule has 0 bridgehead atoms. The maximum atomic E-state index is 12.7. The summed E-state index contributed by atoms with van der Waals surface area (Å²) in [6.07, 6.45) is -0.280. The summed E-state index contributed by atoms with van der Waals surface area (Å²) in [7, 11) is 0. The smallest absolute Gasteiger partial charge is 0.382 e. The molecule has 39 heavy (non-hydrogen) atoms. The van der Waals surface area contributed by atoms with E-state index in [4.69, 9.17) is 11.0 Å². The highest BCUT2D eigenvalue weighted by Crippen LogP contribution is 2.30. The van der Waals surface area contributed by atoms with Crippen LogP contribution < -0.4 is 16.0 Å². The highest BCUT2D eigenvalue weighted by atomic mass is 19.4. The molecule has 4 aromatic heterocycles. The van der Waals surface area contributed by atoms with E-state index in [1.807, 2.05) is 13.0 Å². The monoisotopic (exact) mass is 540 g/mol. The van der Waals surface area contributed by atoms with Crippen molar-refractivity contribution >= 4 is 23.1 Å². The third kappa shape index (κ3) is 5.18. The summed E-state index contributed by atoms with van der Waals surface area (Å²) >= 11 is 0. The van der Waals surface area contributed by atoms with Crippen molar-refractivity contribution in [3.63, 3.8) is 0 Å². The number of nitrogens with one attached hydrogen (secondary N) is 1. The zero-order valence-electron chi connectivity index (χ0n) is 20.5. The van der Waals surface area contributed by atoms with E-state index in [0.29, 0.717) is 41.2 Å². The van der Waals surface area contributed by atoms with Crippen LogP contribution in [0.15, 0.2) is 43.1 Å². The Morgan fingerprint density at radius 1 is 1.26 bits per heavy atom. The highest BCUT2D eigenvalue weighted by molar-refractivity contribution is 6.01. The summed E-state index contributed by atoms with van der Waals surface area (Å²) < 4.78 is 40.6. The molecule has 1 amide bonds. The minimum atomic E-state index is -4.77. The van der Waals surface area contributed by atoms with Gasteiger partial charge in [0.05, 0.1) is 47.6 Å². The Morgan fingerprint density at radius 3 is 2.72 bits per heavy atom. The second-order valence-corrected chi connectivity index (χ2v) is 9.35. The number of alkyl halides is 3. The number of rotatable bonds is 7. The largest absolute Gasteiger partial charge is 0.416 e. The number of nitrogens with zero attached hydrogens (tertiary/aromatic N) is 8. The molecule has 1 fully saturated rings. The third-order valence-corrected chi connectivity index (χ3v) is 6.57. The number of carbonyl (C=O) groups excluding carboxylic acids is 1. The van der Waals surface area contributed by atoms with Gasteiger partial charge in [0.25, 0.3) is 5.91 Å². The molecule has 5 rings (SSSR count). The van der Waals surface area contributed by atoms with Crippen LogP contribution >= 0.6 is 0 Å². The lowest BCUT2D eigenvalue weighted by molar-refractivity contribution is -0.208. The van der Waals surface area contributed by atoms with Gasteiger partial charge in [0.15, 0.2) is 11.8 Å². The van der Waals surface area contributed by atoms with Crippen molar-refractivity contribution in [2.75, 3.05) is 23.3 Å². The number of halogens is 3. The van der Waals surface area contributed by atoms with E-state index < -0.39 is 24.7 Å². The number of amides is 1. The Bertz CT molecular complexity index is 1560. The number of carbonyl (C=O) groups is 1. The standard InChI is InChI=1S/C24H23F3N10O2/c1-13-8-35(20-3-2-14(4-28)5-30-20)10-17(13)33-21-16(22(29)39)7-32-37-11-18(34-23(21)37)15-6-31-36(9-15)12-19(38)24(25,26)27/h2-3,5-7,9,11,13,17,19,33,38H,8,10,12H2,1H3,(H2,29,39)/t13-,17+,19-/m0/s1. The van der Waals surface area contributed by atoms with Gasteiger partial charge < -0.3 is 21.1 Å². The maximum absolute atomic E-state index is 12.7. The van der Waals surface area contributed by atoms with Crippen molar-refractivity contribution in [2.45, 2.75) is 31.8 Å². The molecule has 1 aliphatic rings. The molecule has 1 saturated heterocycles. The molecule has 5 heterocycles. The molecule has 4 N–H and O–H groups in total. The summed E-state index contributed by atoms with van der Waals surface area (Å²) in [6.45, 7) is 2.50. The fourth-order valence-corrected chi connectivity index (χ4v) is 4.45. The second kappa shape index (κ2) is 9.87. The number of aliphatic hydroxyl groups is 1. The van der Waals surface area contributed by atoms with Gasteiger partial charge in [0, 0.05) is 37.1 Å². The van der Waals surface area contributed by atoms with Gasteiger partial charge in [-0.25, -0.2) is 14.5 Å². The van der Waals surface area contributed by atoms with Gasteiger partial charge in [0.2, 0.25) is 0 Å². The zero-order chi connectivity index (χ0) is 27.9. The molecule has 0 radical (unpaired) electrons. The summed E-state index contributed by atoms with van der Waals surface area (Å²) in [5.74, 6) is 0.141. The zero-order valence-corrected chi connectivity index (χ0v) is 20.5. The molecule has 15 heteroatoms. The van der Waals surface area contributed by atoms with Gasteiger partial charge in [-0.2, -0.15) is 28.6 Å². The van der Waals surface area contributed by atoms with Gasteiger partial charge in [-0.3, -0.25) is 9.48 Å². The van der Waals surface area contributed by atoms with Crippen LogP contribution in [0.25, 0.3) is 16.9 Å². The van der Waals surface area contributed by atoms with E-state index in [1.54, 1.807) is 18.3 Å². The Balaban J connectivity index is 1.42. The van der Waals surface area contributed by atoms with Crippen LogP contribution in [-0.2, 0) is 6.54 Å². The minimum absolute atomic E-state index is 0.126. The van der Waals surface area contributed by atoms with Crippen molar-refractivity contribution in [1.29, 1.82) is 5.26 Å². The molecule has 12 nitrogen and oxygen atoms in total. The van der Waals surface area contributed by atoms with E-state index in [-0.39, 0.29) is 17.5 Å². The number of hydrogen-bond donors (Lipinski definition) is 3. The summed E-state index contributed by atoms with van der Waals surface area (Å²) in [4.78, 5) is 23.3. The van der Waals surface area contributed by atoms with Gasteiger partial charge in [-0.1, -0.05) is 6.92 Å². The first-order valence-electron chi connectivity index (χ1n) is 11.9. The molecule has 0 aliphatic carbocycles. The summed E-state index contributed by atoms with van der Waals surface area (Å²) in [5, 5.41) is 29.9. The van der Waals surface area contributed by atoms with Gasteiger partial charge in [0.1, 0.15) is 11.9 Å². The number of imidazole rings is 1. The molecule has 0 aromatic carbocycles. The Labute approximate surface area is 219 Å². The topological polar surface area (TPSA) is 163 Å². The molecule has 0 unspecified atom stereocenters. The first-order chi connectivity index (χ1) is 18.5. The quantitative estimate of drug-likeness (QED) is 0.317. The lowest BCUT2D eigenvalue weighted by Gasteiger charge is -2.20. The summed E-state index contributed by atoms with van der Waals surface area (Å²) in [5.41, 5.74) is 7.64. The maximum Gasteiger partial charge on any atom is 0.416 e. The Kier molecular flexibility index (Phi) is 6.56. The molecule has 3 atom stereocenters. The fraction of sp³-hybridized carbons (Fsp3) is 0.333. The lowest BCUT2D eigenvalue weighted by atomic mass is 10.1. The van der Waals surface area contributed by atoms with E-state index >= 15 is 0 Å². The SMILES string of the molecule is C[C@H]1CN(c2ccc(C#N)cn2)C[C@H]1Nc1c(C(N)=O)cnn2cc(-c3cnn(C[C@H](O)C(F)(F)F)c3)nc12. The van der Waals surface area contributed by atoms with E-state index in [1.165, 1.54) is 29.3 Å². The summed E-state index contributed by atoms with van der Waals surface area (Å²) in [6, 6.07) is 5.40. The van der Waals surface area contributed by atoms with Crippen LogP contribution in [0.3, 0.4) is 0 Å². The number of pyridine rings is 1. The molecule has 4 aromatic rings. The van der Waals surface area contributed by atoms with Gasteiger partial charge in [-0.15, -0.1) is 0 Å². The van der Waals surface area contributed by atoms with Gasteiger partial charge in [-0.05, 0) is 18.1 Å². The van der Waals surface area contributed by atoms with Gasteiger partial charge >= 0.3 is 6.18 Å². The third-order valence-electron chi connectivity index (χ3n) is 6.57. The second-order valence-electron chi connectivity index (χ2n) is 9.35. The molecular formula is C24H23F3N10O2. The normalized spacial score (nSPS) is 18.3. The predicted molar refractivity (Wildman–Crippen MR) is 133 cm³/mol. The highest BCUT2D eigenvalue weighted by Gasteiger charge is 2.38. The number of primary amides is 1. The number of aliphatic hydroxyl groups excluding tert-OH is 1. The molecular weight excluding hydrogens is 517 g/mol. The van der Waals surface area contributed by atoms with Crippen LogP contribution in [0, 0.1) is 17.2 Å². The van der Waals surface area contributed by atoms with Crippen molar-refractivity contribution in [3.8, 4) is 17.3 Å². The molecule has 1 aliphatic heterocycles. The van der Waals surface area contributed by atoms with Crippen molar-refractivity contribution in [3.05, 3.63) is 54.2 Å². The lowest BCUT2D eigenvalue weighted by Crippen LogP contribution is -2.32.